The maximum atomic E-state index is 6.78. The summed E-state index contributed by atoms with van der Waals surface area (Å²) in [7, 11) is 0. The zero-order valence-electron chi connectivity index (χ0n) is 37.6. The molecule has 2 aromatic heterocycles. The summed E-state index contributed by atoms with van der Waals surface area (Å²) >= 11 is 0. The van der Waals surface area contributed by atoms with E-state index in [2.05, 4.69) is 264 Å². The summed E-state index contributed by atoms with van der Waals surface area (Å²) < 4.78 is 9.16. The monoisotopic (exact) mass is 878 g/mol. The SMILES string of the molecule is c1cc(-c2ccc3ccc4ccccc4c3c2)cc(N(c2ccc(-c3cccc(-n4c5ccccc5c5ccccc54)c3)cc2)c2ccc(-c3cccc4c3oc3c5ccccc5ccc43)cc2)c1. The molecule has 2 heterocycles. The van der Waals surface area contributed by atoms with Gasteiger partial charge in [-0.1, -0.05) is 182 Å². The van der Waals surface area contributed by atoms with Gasteiger partial charge in [-0.3, -0.25) is 0 Å². The van der Waals surface area contributed by atoms with E-state index >= 15 is 0 Å². The zero-order valence-corrected chi connectivity index (χ0v) is 37.6. The second-order valence-corrected chi connectivity index (χ2v) is 18.1. The summed E-state index contributed by atoms with van der Waals surface area (Å²) in [4.78, 5) is 2.37. The summed E-state index contributed by atoms with van der Waals surface area (Å²) in [5.41, 5.74) is 15.4. The lowest BCUT2D eigenvalue weighted by atomic mass is 9.97. The number of hydrogen-bond donors (Lipinski definition) is 0. The maximum Gasteiger partial charge on any atom is 0.143 e. The molecule has 322 valence electrons. The van der Waals surface area contributed by atoms with Crippen molar-refractivity contribution in [3.63, 3.8) is 0 Å². The molecule has 3 nitrogen and oxygen atoms in total. The molecule has 14 rings (SSSR count). The highest BCUT2D eigenvalue weighted by Gasteiger charge is 2.18. The third-order valence-corrected chi connectivity index (χ3v) is 14.2. The molecule has 14 aromatic rings. The van der Waals surface area contributed by atoms with Crippen molar-refractivity contribution >= 4 is 93.1 Å². The van der Waals surface area contributed by atoms with Gasteiger partial charge in [-0.25, -0.2) is 0 Å². The van der Waals surface area contributed by atoms with Crippen LogP contribution in [-0.4, -0.2) is 4.57 Å². The minimum Gasteiger partial charge on any atom is -0.455 e. The Bertz CT molecular complexity index is 4260. The van der Waals surface area contributed by atoms with Crippen LogP contribution in [0.3, 0.4) is 0 Å². The second-order valence-electron chi connectivity index (χ2n) is 18.1. The summed E-state index contributed by atoms with van der Waals surface area (Å²) in [6, 6.07) is 92.5. The van der Waals surface area contributed by atoms with Gasteiger partial charge in [-0.15, -0.1) is 0 Å². The number of furan rings is 1. The lowest BCUT2D eigenvalue weighted by Gasteiger charge is -2.26. The van der Waals surface area contributed by atoms with Gasteiger partial charge in [-0.05, 0) is 128 Å². The molecule has 0 bridgehead atoms. The quantitative estimate of drug-likeness (QED) is 0.149. The molecule has 0 amide bonds. The van der Waals surface area contributed by atoms with Gasteiger partial charge in [0.1, 0.15) is 11.2 Å². The van der Waals surface area contributed by atoms with Crippen LogP contribution in [0.1, 0.15) is 0 Å². The molecule has 0 saturated heterocycles. The number of benzene rings is 12. The van der Waals surface area contributed by atoms with Crippen LogP contribution in [0.2, 0.25) is 0 Å². The van der Waals surface area contributed by atoms with Crippen LogP contribution in [0.25, 0.3) is 115 Å². The molecule has 12 aromatic carbocycles. The fourth-order valence-corrected chi connectivity index (χ4v) is 10.8. The van der Waals surface area contributed by atoms with Crippen LogP contribution in [0, 0.1) is 0 Å². The fourth-order valence-electron chi connectivity index (χ4n) is 10.8. The van der Waals surface area contributed by atoms with Crippen molar-refractivity contribution in [1.82, 2.24) is 4.57 Å². The van der Waals surface area contributed by atoms with Crippen molar-refractivity contribution in [2.24, 2.45) is 0 Å². The third kappa shape index (κ3) is 6.43. The minimum atomic E-state index is 0.905. The Morgan fingerprint density at radius 1 is 0.275 bits per heavy atom. The van der Waals surface area contributed by atoms with Crippen molar-refractivity contribution in [1.29, 1.82) is 0 Å². The van der Waals surface area contributed by atoms with E-state index in [0.717, 1.165) is 77.9 Å². The van der Waals surface area contributed by atoms with E-state index in [-0.39, 0.29) is 0 Å². The van der Waals surface area contributed by atoms with Crippen LogP contribution >= 0.6 is 0 Å². The van der Waals surface area contributed by atoms with Gasteiger partial charge in [0.15, 0.2) is 0 Å². The first-order chi connectivity index (χ1) is 34.2. The fraction of sp³-hybridized carbons (Fsp3) is 0. The highest BCUT2D eigenvalue weighted by atomic mass is 16.3. The lowest BCUT2D eigenvalue weighted by Crippen LogP contribution is -2.10. The number of para-hydroxylation sites is 3. The highest BCUT2D eigenvalue weighted by Crippen LogP contribution is 2.43. The summed E-state index contributed by atoms with van der Waals surface area (Å²) in [5, 5.41) is 12.1. The number of anilines is 3. The molecule has 0 fully saturated rings. The van der Waals surface area contributed by atoms with Crippen molar-refractivity contribution in [3.05, 3.63) is 255 Å². The average molecular weight is 879 g/mol. The highest BCUT2D eigenvalue weighted by molar-refractivity contribution is 6.17. The van der Waals surface area contributed by atoms with Crippen LogP contribution in [0.15, 0.2) is 259 Å². The Morgan fingerprint density at radius 2 is 0.783 bits per heavy atom. The van der Waals surface area contributed by atoms with Crippen LogP contribution in [0.5, 0.6) is 0 Å². The van der Waals surface area contributed by atoms with Gasteiger partial charge in [0, 0.05) is 55.2 Å². The first-order valence-corrected chi connectivity index (χ1v) is 23.6. The largest absolute Gasteiger partial charge is 0.455 e. The molecule has 0 saturated carbocycles. The summed E-state index contributed by atoms with van der Waals surface area (Å²) in [5.74, 6) is 0. The van der Waals surface area contributed by atoms with E-state index < -0.39 is 0 Å². The number of hydrogen-bond acceptors (Lipinski definition) is 2. The molecule has 0 aliphatic rings. The standard InChI is InChI=1S/C66H42N2O/c1-3-18-55-44(12-1)26-27-47-28-29-50(42-62(47)55)49-15-10-16-53(41-49)67(52-37-32-46(33-38-52)57-22-11-23-60-61-39-34-45-13-2-4-19-56(45)66(61)69-65(57)60)51-35-30-43(31-36-51)48-14-9-17-54(40-48)68-63-24-7-5-20-58(63)59-21-6-8-25-64(59)68/h1-42H. The van der Waals surface area contributed by atoms with Crippen LogP contribution < -0.4 is 4.90 Å². The van der Waals surface area contributed by atoms with E-state index in [9.17, 15) is 0 Å². The van der Waals surface area contributed by atoms with Gasteiger partial charge < -0.3 is 13.9 Å². The Kier molecular flexibility index (Phi) is 8.90. The molecule has 3 heteroatoms. The van der Waals surface area contributed by atoms with E-state index in [1.54, 1.807) is 0 Å². The van der Waals surface area contributed by atoms with E-state index in [0.29, 0.717) is 0 Å². The molecule has 0 N–H and O–H groups in total. The molecule has 0 spiro atoms. The van der Waals surface area contributed by atoms with Crippen molar-refractivity contribution in [3.8, 4) is 39.1 Å². The molecular weight excluding hydrogens is 837 g/mol. The first-order valence-electron chi connectivity index (χ1n) is 23.6. The third-order valence-electron chi connectivity index (χ3n) is 14.2. The summed E-state index contributed by atoms with van der Waals surface area (Å²) in [6.45, 7) is 0. The molecule has 0 atom stereocenters. The molecule has 0 radical (unpaired) electrons. The number of nitrogens with zero attached hydrogens (tertiary/aromatic N) is 2. The first kappa shape index (κ1) is 39.0. The van der Waals surface area contributed by atoms with Crippen molar-refractivity contribution in [2.75, 3.05) is 4.90 Å². The van der Waals surface area contributed by atoms with Crippen molar-refractivity contribution < 1.29 is 4.42 Å². The van der Waals surface area contributed by atoms with Gasteiger partial charge >= 0.3 is 0 Å². The number of rotatable bonds is 7. The van der Waals surface area contributed by atoms with Gasteiger partial charge in [0.05, 0.1) is 11.0 Å². The average Bonchev–Trinajstić information content (AvgIpc) is 3.98. The van der Waals surface area contributed by atoms with Gasteiger partial charge in [0.25, 0.3) is 0 Å². The second kappa shape index (κ2) is 15.7. The number of fused-ring (bicyclic) bond motifs is 11. The molecule has 0 aliphatic carbocycles. The smallest absolute Gasteiger partial charge is 0.143 e. The Balaban J connectivity index is 0.873. The number of aromatic nitrogens is 1. The molecular formula is C66H42N2O. The molecule has 69 heavy (non-hydrogen) atoms. The van der Waals surface area contributed by atoms with E-state index in [4.69, 9.17) is 4.42 Å². The Morgan fingerprint density at radius 3 is 1.52 bits per heavy atom. The Labute approximate surface area is 399 Å². The normalized spacial score (nSPS) is 11.8. The summed E-state index contributed by atoms with van der Waals surface area (Å²) in [6.07, 6.45) is 0. The Hall–Kier alpha value is -9.18. The van der Waals surface area contributed by atoms with Gasteiger partial charge in [0.2, 0.25) is 0 Å². The lowest BCUT2D eigenvalue weighted by molar-refractivity contribution is 0.674. The molecule has 0 unspecified atom stereocenters. The topological polar surface area (TPSA) is 21.3 Å². The van der Waals surface area contributed by atoms with E-state index in [1.807, 2.05) is 0 Å². The predicted octanol–water partition coefficient (Wildman–Crippen LogP) is 18.6. The molecule has 0 aliphatic heterocycles. The van der Waals surface area contributed by atoms with Crippen LogP contribution in [-0.2, 0) is 0 Å². The van der Waals surface area contributed by atoms with E-state index in [1.165, 1.54) is 54.3 Å². The van der Waals surface area contributed by atoms with Crippen LogP contribution in [0.4, 0.5) is 17.1 Å². The maximum absolute atomic E-state index is 6.78. The minimum absolute atomic E-state index is 0.905. The zero-order chi connectivity index (χ0) is 45.4. The predicted molar refractivity (Wildman–Crippen MR) is 292 cm³/mol. The van der Waals surface area contributed by atoms with Crippen molar-refractivity contribution in [2.45, 2.75) is 0 Å². The van der Waals surface area contributed by atoms with Gasteiger partial charge in [-0.2, -0.15) is 0 Å².